The monoisotopic (exact) mass is 286 g/mol. The number of carbonyl (C=O) groups is 2. The summed E-state index contributed by atoms with van der Waals surface area (Å²) < 4.78 is 9.37. The molecule has 4 heteroatoms. The molecule has 0 aromatic rings. The lowest BCUT2D eigenvalue weighted by Gasteiger charge is -2.23. The van der Waals surface area contributed by atoms with Crippen LogP contribution in [0.15, 0.2) is 0 Å². The largest absolute Gasteiger partial charge is 0.469 e. The Kier molecular flexibility index (Phi) is 11.1. The van der Waals surface area contributed by atoms with Crippen molar-refractivity contribution in [3.63, 3.8) is 0 Å². The van der Waals surface area contributed by atoms with E-state index in [-0.39, 0.29) is 11.9 Å². The molecule has 0 N–H and O–H groups in total. The zero-order valence-electron chi connectivity index (χ0n) is 13.4. The molecule has 20 heavy (non-hydrogen) atoms. The van der Waals surface area contributed by atoms with Gasteiger partial charge < -0.3 is 9.47 Å². The Morgan fingerprint density at radius 2 is 1.50 bits per heavy atom. The average Bonchev–Trinajstić information content (AvgIpc) is 2.47. The third kappa shape index (κ3) is 8.94. The summed E-state index contributed by atoms with van der Waals surface area (Å²) in [6.45, 7) is 4.43. The third-order valence-electron chi connectivity index (χ3n) is 3.95. The molecule has 0 aromatic heterocycles. The molecular formula is C16H30O4. The van der Waals surface area contributed by atoms with Gasteiger partial charge in [-0.25, -0.2) is 0 Å². The van der Waals surface area contributed by atoms with E-state index in [4.69, 9.17) is 4.74 Å². The van der Waals surface area contributed by atoms with Crippen LogP contribution >= 0.6 is 0 Å². The van der Waals surface area contributed by atoms with E-state index < -0.39 is 0 Å². The molecule has 0 saturated heterocycles. The number of unbranched alkanes of at least 4 members (excludes halogenated alkanes) is 1. The zero-order chi connectivity index (χ0) is 15.4. The number of methoxy groups -OCH3 is 2. The number of ether oxygens (including phenoxy) is 2. The van der Waals surface area contributed by atoms with Gasteiger partial charge in [-0.05, 0) is 31.1 Å². The summed E-state index contributed by atoms with van der Waals surface area (Å²) in [4.78, 5) is 22.4. The highest BCUT2D eigenvalue weighted by molar-refractivity contribution is 5.69. The minimum atomic E-state index is -0.155. The van der Waals surface area contributed by atoms with E-state index >= 15 is 0 Å². The number of hydrogen-bond donors (Lipinski definition) is 0. The number of rotatable bonds is 11. The van der Waals surface area contributed by atoms with Gasteiger partial charge in [-0.15, -0.1) is 0 Å². The summed E-state index contributed by atoms with van der Waals surface area (Å²) >= 11 is 0. The first-order valence-corrected chi connectivity index (χ1v) is 7.68. The molecular weight excluding hydrogens is 256 g/mol. The van der Waals surface area contributed by atoms with Crippen LogP contribution in [0.5, 0.6) is 0 Å². The van der Waals surface area contributed by atoms with Gasteiger partial charge in [0, 0.05) is 12.8 Å². The first-order valence-electron chi connectivity index (χ1n) is 7.68. The van der Waals surface area contributed by atoms with E-state index in [1.54, 1.807) is 0 Å². The topological polar surface area (TPSA) is 52.6 Å². The number of carbonyl (C=O) groups excluding carboxylic acids is 2. The van der Waals surface area contributed by atoms with Crippen molar-refractivity contribution in [2.24, 2.45) is 11.8 Å². The molecule has 4 nitrogen and oxygen atoms in total. The van der Waals surface area contributed by atoms with Crippen LogP contribution < -0.4 is 0 Å². The Morgan fingerprint density at radius 3 is 2.05 bits per heavy atom. The maximum Gasteiger partial charge on any atom is 0.305 e. The molecule has 2 unspecified atom stereocenters. The van der Waals surface area contributed by atoms with Crippen molar-refractivity contribution in [3.8, 4) is 0 Å². The third-order valence-corrected chi connectivity index (χ3v) is 3.95. The van der Waals surface area contributed by atoms with Gasteiger partial charge in [0.25, 0.3) is 0 Å². The van der Waals surface area contributed by atoms with Gasteiger partial charge in [0.1, 0.15) is 0 Å². The number of hydrogen-bond acceptors (Lipinski definition) is 4. The van der Waals surface area contributed by atoms with E-state index in [0.717, 1.165) is 19.3 Å². The van der Waals surface area contributed by atoms with Gasteiger partial charge in [0.2, 0.25) is 0 Å². The van der Waals surface area contributed by atoms with Crippen molar-refractivity contribution >= 4 is 11.9 Å². The molecule has 0 aliphatic carbocycles. The van der Waals surface area contributed by atoms with Crippen molar-refractivity contribution in [2.45, 2.75) is 65.2 Å². The second-order valence-electron chi connectivity index (χ2n) is 5.46. The zero-order valence-corrected chi connectivity index (χ0v) is 13.4. The van der Waals surface area contributed by atoms with E-state index in [1.807, 2.05) is 0 Å². The Bertz CT molecular complexity index is 276. The summed E-state index contributed by atoms with van der Waals surface area (Å²) in [5, 5.41) is 0. The lowest BCUT2D eigenvalue weighted by molar-refractivity contribution is -0.142. The molecule has 0 aliphatic rings. The van der Waals surface area contributed by atoms with E-state index in [2.05, 4.69) is 18.6 Å². The molecule has 0 saturated carbocycles. The maximum absolute atomic E-state index is 11.3. The highest BCUT2D eigenvalue weighted by Gasteiger charge is 2.18. The second-order valence-corrected chi connectivity index (χ2v) is 5.46. The first-order chi connectivity index (χ1) is 9.54. The molecule has 0 rings (SSSR count). The summed E-state index contributed by atoms with van der Waals surface area (Å²) in [7, 11) is 2.84. The van der Waals surface area contributed by atoms with Gasteiger partial charge in [-0.1, -0.05) is 33.1 Å². The molecule has 0 radical (unpaired) electrons. The summed E-state index contributed by atoms with van der Waals surface area (Å²) in [5.41, 5.74) is 0. The SMILES string of the molecule is CCCCC(C)C(CCCC(=O)OC)CCC(=O)OC. The van der Waals surface area contributed by atoms with E-state index in [1.165, 1.54) is 33.5 Å². The average molecular weight is 286 g/mol. The van der Waals surface area contributed by atoms with Crippen LogP contribution in [0.1, 0.15) is 65.2 Å². The molecule has 0 spiro atoms. The fourth-order valence-corrected chi connectivity index (χ4v) is 2.49. The van der Waals surface area contributed by atoms with Crippen LogP contribution in [-0.4, -0.2) is 26.2 Å². The van der Waals surface area contributed by atoms with Gasteiger partial charge >= 0.3 is 11.9 Å². The molecule has 0 aromatic carbocycles. The highest BCUT2D eigenvalue weighted by atomic mass is 16.5. The van der Waals surface area contributed by atoms with E-state index in [9.17, 15) is 9.59 Å². The van der Waals surface area contributed by atoms with Gasteiger partial charge in [0.05, 0.1) is 14.2 Å². The van der Waals surface area contributed by atoms with Crippen LogP contribution in [0.2, 0.25) is 0 Å². The van der Waals surface area contributed by atoms with E-state index in [0.29, 0.717) is 24.7 Å². The Balaban J connectivity index is 4.22. The van der Waals surface area contributed by atoms with Gasteiger partial charge in [0.15, 0.2) is 0 Å². The predicted octanol–water partition coefficient (Wildman–Crippen LogP) is 3.73. The van der Waals surface area contributed by atoms with Crippen LogP contribution in [0.25, 0.3) is 0 Å². The molecule has 0 aliphatic heterocycles. The molecule has 0 bridgehead atoms. The fourth-order valence-electron chi connectivity index (χ4n) is 2.49. The Labute approximate surface area is 123 Å². The van der Waals surface area contributed by atoms with Crippen molar-refractivity contribution in [3.05, 3.63) is 0 Å². The van der Waals surface area contributed by atoms with Crippen LogP contribution in [0, 0.1) is 11.8 Å². The van der Waals surface area contributed by atoms with Crippen LogP contribution in [-0.2, 0) is 19.1 Å². The second kappa shape index (κ2) is 11.7. The lowest BCUT2D eigenvalue weighted by Crippen LogP contribution is -2.15. The summed E-state index contributed by atoms with van der Waals surface area (Å²) in [6, 6.07) is 0. The highest BCUT2D eigenvalue weighted by Crippen LogP contribution is 2.27. The fraction of sp³-hybridized carbons (Fsp3) is 0.875. The smallest absolute Gasteiger partial charge is 0.305 e. The molecule has 118 valence electrons. The number of esters is 2. The predicted molar refractivity (Wildman–Crippen MR) is 79.3 cm³/mol. The maximum atomic E-state index is 11.3. The molecule has 0 amide bonds. The van der Waals surface area contributed by atoms with Gasteiger partial charge in [-0.3, -0.25) is 9.59 Å². The Hall–Kier alpha value is -1.06. The van der Waals surface area contributed by atoms with Crippen molar-refractivity contribution in [1.82, 2.24) is 0 Å². The van der Waals surface area contributed by atoms with Crippen LogP contribution in [0.4, 0.5) is 0 Å². The Morgan fingerprint density at radius 1 is 0.900 bits per heavy atom. The van der Waals surface area contributed by atoms with Gasteiger partial charge in [-0.2, -0.15) is 0 Å². The van der Waals surface area contributed by atoms with Crippen LogP contribution in [0.3, 0.4) is 0 Å². The quantitative estimate of drug-likeness (QED) is 0.543. The van der Waals surface area contributed by atoms with Crippen molar-refractivity contribution in [2.75, 3.05) is 14.2 Å². The molecule has 0 heterocycles. The minimum absolute atomic E-state index is 0.148. The minimum Gasteiger partial charge on any atom is -0.469 e. The first kappa shape index (κ1) is 18.9. The van der Waals surface area contributed by atoms with Crippen molar-refractivity contribution < 1.29 is 19.1 Å². The summed E-state index contributed by atoms with van der Waals surface area (Å²) in [6.07, 6.45) is 7.16. The van der Waals surface area contributed by atoms with Crippen molar-refractivity contribution in [1.29, 1.82) is 0 Å². The molecule has 0 fully saturated rings. The normalized spacial score (nSPS) is 13.6. The molecule has 2 atom stereocenters. The lowest BCUT2D eigenvalue weighted by atomic mass is 9.82. The standard InChI is InChI=1S/C16H30O4/c1-5-6-8-13(2)14(11-12-16(18)20-4)9-7-10-15(17)19-3/h13-14H,5-12H2,1-4H3. The summed E-state index contributed by atoms with van der Waals surface area (Å²) in [5.74, 6) is 0.756.